The number of aromatic nitrogens is 1. The number of alkyl halides is 3. The third-order valence-electron chi connectivity index (χ3n) is 2.64. The van der Waals surface area contributed by atoms with Gasteiger partial charge in [-0.15, -0.1) is 13.2 Å². The zero-order valence-electron chi connectivity index (χ0n) is 10.5. The molecule has 0 atom stereocenters. The van der Waals surface area contributed by atoms with E-state index in [-0.39, 0.29) is 23.1 Å². The molecule has 21 heavy (non-hydrogen) atoms. The molecule has 2 rings (SSSR count). The number of ether oxygens (including phenoxy) is 1. The molecule has 7 heteroatoms. The Morgan fingerprint density at radius 1 is 1.24 bits per heavy atom. The number of nitrogens with zero attached hydrogens (tertiary/aromatic N) is 2. The van der Waals surface area contributed by atoms with E-state index in [1.165, 1.54) is 18.3 Å². The van der Waals surface area contributed by atoms with Crippen LogP contribution in [0, 0.1) is 17.1 Å². The van der Waals surface area contributed by atoms with E-state index in [9.17, 15) is 17.6 Å². The van der Waals surface area contributed by atoms with Gasteiger partial charge in [0.05, 0.1) is 18.7 Å². The van der Waals surface area contributed by atoms with Crippen LogP contribution in [0.3, 0.4) is 0 Å². The van der Waals surface area contributed by atoms with Crippen LogP contribution < -0.4 is 4.74 Å². The predicted molar refractivity (Wildman–Crippen MR) is 65.6 cm³/mol. The number of rotatable bonds is 3. The summed E-state index contributed by atoms with van der Waals surface area (Å²) in [4.78, 5) is 3.66. The number of hydrogen-bond acceptors (Lipinski definition) is 3. The first-order valence-electron chi connectivity index (χ1n) is 5.76. The Balaban J connectivity index is 2.46. The summed E-state index contributed by atoms with van der Waals surface area (Å²) in [5.41, 5.74) is 0.620. The lowest BCUT2D eigenvalue weighted by Gasteiger charge is -2.11. The minimum Gasteiger partial charge on any atom is -0.406 e. The molecule has 0 aliphatic carbocycles. The van der Waals surface area contributed by atoms with Crippen molar-refractivity contribution in [2.75, 3.05) is 0 Å². The van der Waals surface area contributed by atoms with Crippen LogP contribution in [0.15, 0.2) is 36.7 Å². The number of benzene rings is 1. The van der Waals surface area contributed by atoms with Crippen molar-refractivity contribution in [2.24, 2.45) is 0 Å². The number of hydrogen-bond donors (Lipinski definition) is 0. The van der Waals surface area contributed by atoms with E-state index in [0.717, 1.165) is 18.3 Å². The Morgan fingerprint density at radius 2 is 2.00 bits per heavy atom. The molecule has 0 saturated heterocycles. The molecule has 108 valence electrons. The molecule has 3 nitrogen and oxygen atoms in total. The Kier molecular flexibility index (Phi) is 4.08. The minimum absolute atomic E-state index is 0.0802. The predicted octanol–water partition coefficient (Wildman–Crippen LogP) is 3.85. The molecule has 0 unspecified atom stereocenters. The molecule has 1 heterocycles. The number of halogens is 4. The summed E-state index contributed by atoms with van der Waals surface area (Å²) < 4.78 is 54.1. The van der Waals surface area contributed by atoms with Crippen LogP contribution in [0.25, 0.3) is 11.1 Å². The lowest BCUT2D eigenvalue weighted by atomic mass is 10.00. The normalized spacial score (nSPS) is 11.0. The molecule has 0 radical (unpaired) electrons. The maximum atomic E-state index is 13.7. The maximum Gasteiger partial charge on any atom is 0.573 e. The second-order valence-corrected chi connectivity index (χ2v) is 4.06. The Hall–Kier alpha value is -2.62. The van der Waals surface area contributed by atoms with Gasteiger partial charge in [0.25, 0.3) is 0 Å². The Bertz CT molecular complexity index is 692. The minimum atomic E-state index is -4.81. The van der Waals surface area contributed by atoms with Crippen molar-refractivity contribution in [1.29, 1.82) is 5.26 Å². The van der Waals surface area contributed by atoms with Gasteiger partial charge in [-0.3, -0.25) is 4.98 Å². The van der Waals surface area contributed by atoms with Crippen LogP contribution >= 0.6 is 0 Å². The topological polar surface area (TPSA) is 45.9 Å². The van der Waals surface area contributed by atoms with Gasteiger partial charge in [0, 0.05) is 17.3 Å². The van der Waals surface area contributed by atoms with E-state index in [4.69, 9.17) is 5.26 Å². The summed E-state index contributed by atoms with van der Waals surface area (Å²) >= 11 is 0. The van der Waals surface area contributed by atoms with Crippen molar-refractivity contribution in [2.45, 2.75) is 12.8 Å². The first-order valence-corrected chi connectivity index (χ1v) is 5.76. The maximum absolute atomic E-state index is 13.7. The van der Waals surface area contributed by atoms with Crippen LogP contribution in [0.5, 0.6) is 5.75 Å². The summed E-state index contributed by atoms with van der Waals surface area (Å²) in [6.45, 7) is 0. The highest BCUT2D eigenvalue weighted by molar-refractivity contribution is 5.68. The van der Waals surface area contributed by atoms with E-state index in [1.54, 1.807) is 0 Å². The molecule has 1 aromatic carbocycles. The Labute approximate surface area is 117 Å². The highest BCUT2D eigenvalue weighted by Crippen LogP contribution is 2.30. The lowest BCUT2D eigenvalue weighted by Crippen LogP contribution is -2.17. The standard InChI is InChI=1S/C14H8F4N2O/c15-13-8-20-7-12(11(13)4-5-19)9-2-1-3-10(6-9)21-14(16,17)18/h1-3,6-8H,4H2. The van der Waals surface area contributed by atoms with Gasteiger partial charge in [0.15, 0.2) is 0 Å². The fraction of sp³-hybridized carbons (Fsp3) is 0.143. The molecular formula is C14H8F4N2O. The molecule has 2 aromatic rings. The molecule has 0 spiro atoms. The average molecular weight is 296 g/mol. The summed E-state index contributed by atoms with van der Waals surface area (Å²) in [6, 6.07) is 6.89. The largest absolute Gasteiger partial charge is 0.573 e. The molecule has 0 amide bonds. The van der Waals surface area contributed by atoms with Gasteiger partial charge in [0.1, 0.15) is 11.6 Å². The van der Waals surface area contributed by atoms with Crippen molar-refractivity contribution in [3.8, 4) is 22.9 Å². The Morgan fingerprint density at radius 3 is 2.67 bits per heavy atom. The molecule has 0 bridgehead atoms. The summed E-state index contributed by atoms with van der Waals surface area (Å²) in [7, 11) is 0. The van der Waals surface area contributed by atoms with Gasteiger partial charge in [0.2, 0.25) is 0 Å². The van der Waals surface area contributed by atoms with E-state index in [2.05, 4.69) is 9.72 Å². The molecule has 1 aromatic heterocycles. The monoisotopic (exact) mass is 296 g/mol. The third kappa shape index (κ3) is 3.69. The van der Waals surface area contributed by atoms with Crippen LogP contribution in [0.4, 0.5) is 17.6 Å². The van der Waals surface area contributed by atoms with Crippen molar-refractivity contribution in [3.05, 3.63) is 48.0 Å². The lowest BCUT2D eigenvalue weighted by molar-refractivity contribution is -0.274. The third-order valence-corrected chi connectivity index (χ3v) is 2.64. The second kappa shape index (κ2) is 5.79. The molecule has 0 aliphatic heterocycles. The summed E-state index contributed by atoms with van der Waals surface area (Å²) in [6.07, 6.45) is -2.78. The summed E-state index contributed by atoms with van der Waals surface area (Å²) in [5, 5.41) is 8.71. The number of pyridine rings is 1. The molecule has 0 fully saturated rings. The molecule has 0 N–H and O–H groups in total. The van der Waals surface area contributed by atoms with E-state index >= 15 is 0 Å². The van der Waals surface area contributed by atoms with Crippen molar-refractivity contribution < 1.29 is 22.3 Å². The van der Waals surface area contributed by atoms with Crippen molar-refractivity contribution >= 4 is 0 Å². The highest BCUT2D eigenvalue weighted by atomic mass is 19.4. The van der Waals surface area contributed by atoms with Crippen molar-refractivity contribution in [3.63, 3.8) is 0 Å². The molecule has 0 saturated carbocycles. The average Bonchev–Trinajstić information content (AvgIpc) is 2.39. The smallest absolute Gasteiger partial charge is 0.406 e. The highest BCUT2D eigenvalue weighted by Gasteiger charge is 2.31. The van der Waals surface area contributed by atoms with E-state index in [1.807, 2.05) is 6.07 Å². The van der Waals surface area contributed by atoms with Gasteiger partial charge in [-0.25, -0.2) is 4.39 Å². The molecular weight excluding hydrogens is 288 g/mol. The second-order valence-electron chi connectivity index (χ2n) is 4.06. The fourth-order valence-electron chi connectivity index (χ4n) is 1.83. The zero-order valence-corrected chi connectivity index (χ0v) is 10.5. The molecule has 0 aliphatic rings. The quantitative estimate of drug-likeness (QED) is 0.808. The van der Waals surface area contributed by atoms with Crippen LogP contribution in [-0.4, -0.2) is 11.3 Å². The fourth-order valence-corrected chi connectivity index (χ4v) is 1.83. The van der Waals surface area contributed by atoms with Gasteiger partial charge in [-0.2, -0.15) is 5.26 Å². The van der Waals surface area contributed by atoms with Crippen LogP contribution in [0.1, 0.15) is 5.56 Å². The SMILES string of the molecule is N#CCc1c(F)cncc1-c1cccc(OC(F)(F)F)c1. The van der Waals surface area contributed by atoms with Gasteiger partial charge < -0.3 is 4.74 Å². The first-order chi connectivity index (χ1) is 9.90. The van der Waals surface area contributed by atoms with Crippen LogP contribution in [-0.2, 0) is 6.42 Å². The first kappa shape index (κ1) is 14.8. The van der Waals surface area contributed by atoms with E-state index in [0.29, 0.717) is 0 Å². The van der Waals surface area contributed by atoms with Gasteiger partial charge in [-0.05, 0) is 17.7 Å². The van der Waals surface area contributed by atoms with Gasteiger partial charge >= 0.3 is 6.36 Å². The van der Waals surface area contributed by atoms with Gasteiger partial charge in [-0.1, -0.05) is 12.1 Å². The van der Waals surface area contributed by atoms with E-state index < -0.39 is 17.9 Å². The zero-order chi connectivity index (χ0) is 15.5. The van der Waals surface area contributed by atoms with Crippen molar-refractivity contribution in [1.82, 2.24) is 4.98 Å². The van der Waals surface area contributed by atoms with Crippen LogP contribution in [0.2, 0.25) is 0 Å². The summed E-state index contributed by atoms with van der Waals surface area (Å²) in [5.74, 6) is -1.11. The number of nitriles is 1.